The Morgan fingerprint density at radius 2 is 1.64 bits per heavy atom. The van der Waals surface area contributed by atoms with Gasteiger partial charge >= 0.3 is 0 Å². The summed E-state index contributed by atoms with van der Waals surface area (Å²) in [7, 11) is -3.92. The Balaban J connectivity index is 0.000000381. The number of hydrogen-bond acceptors (Lipinski definition) is 6. The van der Waals surface area contributed by atoms with Gasteiger partial charge in [0.15, 0.2) is 0 Å². The van der Waals surface area contributed by atoms with Crippen molar-refractivity contribution >= 4 is 21.5 Å². The van der Waals surface area contributed by atoms with Crippen molar-refractivity contribution in [2.75, 3.05) is 30.4 Å². The van der Waals surface area contributed by atoms with Gasteiger partial charge in [-0.3, -0.25) is 4.55 Å². The molecule has 2 rings (SSSR count). The summed E-state index contributed by atoms with van der Waals surface area (Å²) in [5.41, 5.74) is 15.1. The molecule has 0 aromatic heterocycles. The third-order valence-electron chi connectivity index (χ3n) is 3.04. The molecule has 0 aliphatic carbocycles. The van der Waals surface area contributed by atoms with E-state index in [1.807, 2.05) is 42.5 Å². The molecule has 0 saturated carbocycles. The van der Waals surface area contributed by atoms with Crippen molar-refractivity contribution in [1.82, 2.24) is 0 Å². The molecule has 0 amide bonds. The fraction of sp³-hybridized carbons (Fsp3) is 0.294. The van der Waals surface area contributed by atoms with Crippen molar-refractivity contribution in [3.05, 3.63) is 42.5 Å². The monoisotopic (exact) mass is 368 g/mol. The fourth-order valence-electron chi connectivity index (χ4n) is 1.89. The molecule has 0 heterocycles. The Hall–Kier alpha value is -2.29. The molecule has 2 aromatic carbocycles. The minimum absolute atomic E-state index is 0.529. The number of hydrogen-bond donors (Lipinski definition) is 4. The maximum absolute atomic E-state index is 9.63. The van der Waals surface area contributed by atoms with Crippen LogP contribution in [0.2, 0.25) is 0 Å². The zero-order valence-electron chi connectivity index (χ0n) is 14.1. The van der Waals surface area contributed by atoms with Crippen LogP contribution in [-0.4, -0.2) is 37.0 Å². The number of aliphatic hydroxyl groups is 1. The minimum Gasteiger partial charge on any atom is -0.493 e. The van der Waals surface area contributed by atoms with Crippen molar-refractivity contribution in [2.24, 2.45) is 0 Å². The molecule has 6 N–H and O–H groups in total. The van der Waals surface area contributed by atoms with Crippen LogP contribution in [0.5, 0.6) is 5.75 Å². The van der Waals surface area contributed by atoms with E-state index in [0.29, 0.717) is 12.3 Å². The molecule has 0 aliphatic rings. The lowest BCUT2D eigenvalue weighted by Gasteiger charge is -2.12. The van der Waals surface area contributed by atoms with E-state index >= 15 is 0 Å². The number of anilines is 2. The van der Waals surface area contributed by atoms with E-state index in [9.17, 15) is 8.42 Å². The first-order valence-corrected chi connectivity index (χ1v) is 9.32. The SMILES string of the molecule is CCCOc1cc(N)ccc1-c1ccc(N)cc1.O=S(=O)(O)CCO. The van der Waals surface area contributed by atoms with E-state index in [1.54, 1.807) is 0 Å². The van der Waals surface area contributed by atoms with E-state index in [4.69, 9.17) is 25.9 Å². The third-order valence-corrected chi connectivity index (χ3v) is 3.74. The zero-order valence-corrected chi connectivity index (χ0v) is 14.9. The maximum atomic E-state index is 9.63. The van der Waals surface area contributed by atoms with Crippen molar-refractivity contribution in [1.29, 1.82) is 0 Å². The van der Waals surface area contributed by atoms with Gasteiger partial charge in [0.1, 0.15) is 5.75 Å². The first kappa shape index (κ1) is 20.8. The summed E-state index contributed by atoms with van der Waals surface area (Å²) >= 11 is 0. The molecule has 8 heteroatoms. The molecule has 25 heavy (non-hydrogen) atoms. The van der Waals surface area contributed by atoms with Crippen molar-refractivity contribution < 1.29 is 22.8 Å². The van der Waals surface area contributed by atoms with Gasteiger partial charge in [0.05, 0.1) is 19.0 Å². The Kier molecular flexibility index (Phi) is 8.20. The molecular formula is C17H24N2O5S. The van der Waals surface area contributed by atoms with E-state index < -0.39 is 22.5 Å². The standard InChI is InChI=1S/C15H18N2O.C2H6O4S/c1-2-9-18-15-10-13(17)7-8-14(15)11-3-5-12(16)6-4-11;3-1-2-7(4,5)6/h3-8,10H,2,9,16-17H2,1H3;3H,1-2H2,(H,4,5,6). The van der Waals surface area contributed by atoms with E-state index in [1.165, 1.54) is 0 Å². The second-order valence-corrected chi connectivity index (χ2v) is 6.81. The number of nitrogens with two attached hydrogens (primary N) is 2. The van der Waals surface area contributed by atoms with Gasteiger partial charge in [0.2, 0.25) is 0 Å². The predicted octanol–water partition coefficient (Wildman–Crippen LogP) is 2.17. The topological polar surface area (TPSA) is 136 Å². The highest BCUT2D eigenvalue weighted by Crippen LogP contribution is 2.32. The van der Waals surface area contributed by atoms with Crippen LogP contribution < -0.4 is 16.2 Å². The molecule has 0 unspecified atom stereocenters. The predicted molar refractivity (Wildman–Crippen MR) is 100.0 cm³/mol. The lowest BCUT2D eigenvalue weighted by Crippen LogP contribution is -2.06. The zero-order chi connectivity index (χ0) is 18.9. The molecule has 0 bridgehead atoms. The summed E-state index contributed by atoms with van der Waals surface area (Å²) in [6.07, 6.45) is 0.968. The van der Waals surface area contributed by atoms with Gasteiger partial charge in [-0.05, 0) is 36.2 Å². The molecule has 0 spiro atoms. The van der Waals surface area contributed by atoms with E-state index in [-0.39, 0.29) is 0 Å². The fourth-order valence-corrected chi connectivity index (χ4v) is 2.12. The second kappa shape index (κ2) is 9.87. The number of ether oxygens (including phenoxy) is 1. The number of aliphatic hydroxyl groups excluding tert-OH is 1. The Bertz CT molecular complexity index is 761. The van der Waals surface area contributed by atoms with Crippen LogP contribution in [0.4, 0.5) is 11.4 Å². The molecular weight excluding hydrogens is 344 g/mol. The third kappa shape index (κ3) is 7.88. The highest BCUT2D eigenvalue weighted by molar-refractivity contribution is 7.85. The van der Waals surface area contributed by atoms with Crippen LogP contribution in [0.1, 0.15) is 13.3 Å². The summed E-state index contributed by atoms with van der Waals surface area (Å²) < 4.78 is 32.8. The average Bonchev–Trinajstić information content (AvgIpc) is 2.53. The number of rotatable bonds is 6. The summed E-state index contributed by atoms with van der Waals surface area (Å²) in [6.45, 7) is 2.24. The molecule has 0 fully saturated rings. The molecule has 2 aromatic rings. The molecule has 0 saturated heterocycles. The highest BCUT2D eigenvalue weighted by Gasteiger charge is 2.06. The quantitative estimate of drug-likeness (QED) is 0.453. The first-order chi connectivity index (χ1) is 11.8. The first-order valence-electron chi connectivity index (χ1n) is 7.71. The molecule has 0 aliphatic heterocycles. The van der Waals surface area contributed by atoms with E-state index in [0.717, 1.165) is 29.0 Å². The number of nitrogen functional groups attached to an aromatic ring is 2. The van der Waals surface area contributed by atoms with Gasteiger partial charge in [0, 0.05) is 23.0 Å². The minimum atomic E-state index is -3.92. The molecule has 0 radical (unpaired) electrons. The largest absolute Gasteiger partial charge is 0.493 e. The molecule has 7 nitrogen and oxygen atoms in total. The smallest absolute Gasteiger partial charge is 0.267 e. The van der Waals surface area contributed by atoms with Crippen molar-refractivity contribution in [3.8, 4) is 16.9 Å². The maximum Gasteiger partial charge on any atom is 0.267 e. The van der Waals surface area contributed by atoms with Crippen LogP contribution in [0.3, 0.4) is 0 Å². The van der Waals surface area contributed by atoms with Gasteiger partial charge < -0.3 is 21.3 Å². The van der Waals surface area contributed by atoms with E-state index in [2.05, 4.69) is 6.92 Å². The summed E-state index contributed by atoms with van der Waals surface area (Å²) in [5, 5.41) is 7.86. The Labute approximate surface area is 148 Å². The average molecular weight is 368 g/mol. The van der Waals surface area contributed by atoms with Crippen LogP contribution >= 0.6 is 0 Å². The van der Waals surface area contributed by atoms with Crippen LogP contribution in [0, 0.1) is 0 Å². The van der Waals surface area contributed by atoms with Crippen LogP contribution in [0.15, 0.2) is 42.5 Å². The van der Waals surface area contributed by atoms with Crippen molar-refractivity contribution in [3.63, 3.8) is 0 Å². The van der Waals surface area contributed by atoms with Gasteiger partial charge in [-0.15, -0.1) is 0 Å². The summed E-state index contributed by atoms with van der Waals surface area (Å²) in [6, 6.07) is 13.5. The molecule has 138 valence electrons. The van der Waals surface area contributed by atoms with Gasteiger partial charge in [0.25, 0.3) is 10.1 Å². The Morgan fingerprint density at radius 3 is 2.12 bits per heavy atom. The van der Waals surface area contributed by atoms with Gasteiger partial charge in [-0.2, -0.15) is 8.42 Å². The van der Waals surface area contributed by atoms with Gasteiger partial charge in [-0.1, -0.05) is 19.1 Å². The second-order valence-electron chi connectivity index (χ2n) is 5.24. The lowest BCUT2D eigenvalue weighted by molar-refractivity contribution is 0.315. The normalized spacial score (nSPS) is 10.7. The van der Waals surface area contributed by atoms with Gasteiger partial charge in [-0.25, -0.2) is 0 Å². The van der Waals surface area contributed by atoms with Crippen molar-refractivity contribution in [2.45, 2.75) is 13.3 Å². The molecule has 0 atom stereocenters. The lowest BCUT2D eigenvalue weighted by atomic mass is 10.0. The Morgan fingerprint density at radius 1 is 1.04 bits per heavy atom. The summed E-state index contributed by atoms with van der Waals surface area (Å²) in [5.74, 6) is 0.245. The number of benzene rings is 2. The highest BCUT2D eigenvalue weighted by atomic mass is 32.2. The van der Waals surface area contributed by atoms with Crippen LogP contribution in [0.25, 0.3) is 11.1 Å². The van der Waals surface area contributed by atoms with Crippen LogP contribution in [-0.2, 0) is 10.1 Å². The summed E-state index contributed by atoms with van der Waals surface area (Å²) in [4.78, 5) is 0.